The normalized spacial score (nSPS) is 33.0. The fourth-order valence-electron chi connectivity index (χ4n) is 1.98. The van der Waals surface area contributed by atoms with Crippen molar-refractivity contribution in [1.82, 2.24) is 9.55 Å². The molecule has 1 aromatic rings. The molecule has 1 saturated heterocycles. The van der Waals surface area contributed by atoms with Crippen LogP contribution in [-0.2, 0) is 4.74 Å². The van der Waals surface area contributed by atoms with E-state index < -0.39 is 42.3 Å². The van der Waals surface area contributed by atoms with Crippen LogP contribution in [-0.4, -0.2) is 49.3 Å². The Morgan fingerprint density at radius 1 is 1.70 bits per heavy atom. The maximum absolute atomic E-state index is 13.5. The van der Waals surface area contributed by atoms with E-state index in [4.69, 9.17) is 34.2 Å². The topological polar surface area (TPSA) is 114 Å². The van der Waals surface area contributed by atoms with Crippen LogP contribution in [0.15, 0.2) is 6.20 Å². The van der Waals surface area contributed by atoms with Gasteiger partial charge in [-0.05, 0) is 12.2 Å². The van der Waals surface area contributed by atoms with Crippen molar-refractivity contribution in [1.29, 1.82) is 0 Å². The highest BCUT2D eigenvalue weighted by atomic mass is 32.1. The summed E-state index contributed by atoms with van der Waals surface area (Å²) in [4.78, 5) is 3.57. The number of halogens is 1. The minimum Gasteiger partial charge on any atom is -0.394 e. The highest BCUT2D eigenvalue weighted by molar-refractivity contribution is 7.71. The Hall–Kier alpha value is -1.57. The molecule has 0 spiro atoms. The molecular formula is C11H12FN3O4S. The minimum absolute atomic E-state index is 0.187. The van der Waals surface area contributed by atoms with Gasteiger partial charge in [0.05, 0.1) is 6.61 Å². The summed E-state index contributed by atoms with van der Waals surface area (Å²) in [5, 5.41) is 29.3. The zero-order valence-electron chi connectivity index (χ0n) is 10.1. The smallest absolute Gasteiger partial charge is 0.203 e. The lowest BCUT2D eigenvalue weighted by Crippen LogP contribution is -2.46. The molecule has 0 aromatic carbocycles. The Kier molecular flexibility index (Phi) is 3.77. The van der Waals surface area contributed by atoms with Crippen molar-refractivity contribution in [3.63, 3.8) is 0 Å². The van der Waals surface area contributed by atoms with Gasteiger partial charge >= 0.3 is 0 Å². The average Bonchev–Trinajstić information content (AvgIpc) is 2.67. The highest BCUT2D eigenvalue weighted by Gasteiger charge is 2.55. The maximum Gasteiger partial charge on any atom is 0.203 e. The summed E-state index contributed by atoms with van der Waals surface area (Å²) in [5.41, 5.74) is 3.09. The third-order valence-corrected chi connectivity index (χ3v) is 3.38. The molecule has 0 bridgehead atoms. The van der Waals surface area contributed by atoms with Crippen LogP contribution in [0.25, 0.3) is 0 Å². The standard InChI is InChI=1S/C11H12FN3O4S/c1-2-11(18)7(17)6(4-16)19-9(11)15-3-5(12)8(13)14-10(15)20/h1,3,6-7,9,16-18H,4H2,(H2,13,14,20)/t6-,7?,9-,11-/m1/s1. The van der Waals surface area contributed by atoms with E-state index in [1.807, 2.05) is 5.92 Å². The molecule has 0 saturated carbocycles. The largest absolute Gasteiger partial charge is 0.394 e. The van der Waals surface area contributed by atoms with Crippen LogP contribution in [0.4, 0.5) is 10.2 Å². The van der Waals surface area contributed by atoms with E-state index >= 15 is 0 Å². The molecule has 2 heterocycles. The van der Waals surface area contributed by atoms with Crippen molar-refractivity contribution in [3.05, 3.63) is 16.8 Å². The quantitative estimate of drug-likeness (QED) is 0.407. The van der Waals surface area contributed by atoms with E-state index in [0.29, 0.717) is 0 Å². The molecule has 0 aliphatic carbocycles. The van der Waals surface area contributed by atoms with E-state index in [9.17, 15) is 14.6 Å². The molecule has 20 heavy (non-hydrogen) atoms. The zero-order valence-corrected chi connectivity index (χ0v) is 10.9. The van der Waals surface area contributed by atoms with Crippen LogP contribution in [0.5, 0.6) is 0 Å². The Balaban J connectivity index is 2.55. The van der Waals surface area contributed by atoms with Crippen LogP contribution in [0.1, 0.15) is 6.23 Å². The number of terminal acetylenes is 1. The first-order chi connectivity index (χ1) is 9.35. The fraction of sp³-hybridized carbons (Fsp3) is 0.455. The van der Waals surface area contributed by atoms with Crippen LogP contribution in [0.3, 0.4) is 0 Å². The number of anilines is 1. The summed E-state index contributed by atoms with van der Waals surface area (Å²) in [7, 11) is 0. The predicted octanol–water partition coefficient (Wildman–Crippen LogP) is -1.05. The number of aromatic nitrogens is 2. The molecule has 0 radical (unpaired) electrons. The van der Waals surface area contributed by atoms with E-state index in [2.05, 4.69) is 4.98 Å². The predicted molar refractivity (Wildman–Crippen MR) is 68.2 cm³/mol. The summed E-state index contributed by atoms with van der Waals surface area (Å²) in [6, 6.07) is 0. The number of rotatable bonds is 2. The summed E-state index contributed by atoms with van der Waals surface area (Å²) >= 11 is 4.90. The van der Waals surface area contributed by atoms with Gasteiger partial charge in [-0.2, -0.15) is 4.98 Å². The molecule has 1 aliphatic rings. The number of nitrogens with two attached hydrogens (primary N) is 1. The SMILES string of the molecule is C#C[C@@]1(O)C(O)[C@@H](CO)O[C@H]1n1cc(F)c(N)nc1=S. The van der Waals surface area contributed by atoms with Gasteiger partial charge in [-0.15, -0.1) is 6.42 Å². The number of nitrogens with zero attached hydrogens (tertiary/aromatic N) is 2. The molecule has 5 N–H and O–H groups in total. The van der Waals surface area contributed by atoms with Gasteiger partial charge in [-0.3, -0.25) is 4.57 Å². The van der Waals surface area contributed by atoms with E-state index in [0.717, 1.165) is 10.8 Å². The maximum atomic E-state index is 13.5. The van der Waals surface area contributed by atoms with Crippen LogP contribution < -0.4 is 5.73 Å². The molecule has 0 amide bonds. The Bertz CT molecular complexity index is 631. The molecule has 9 heteroatoms. The monoisotopic (exact) mass is 301 g/mol. The number of ether oxygens (including phenoxy) is 1. The molecule has 7 nitrogen and oxygen atoms in total. The van der Waals surface area contributed by atoms with Gasteiger partial charge in [-0.25, -0.2) is 4.39 Å². The first kappa shape index (κ1) is 14.8. The zero-order chi connectivity index (χ0) is 15.1. The Morgan fingerprint density at radius 2 is 2.35 bits per heavy atom. The summed E-state index contributed by atoms with van der Waals surface area (Å²) in [6.45, 7) is -0.583. The molecule has 2 rings (SSSR count). The van der Waals surface area contributed by atoms with Crippen LogP contribution >= 0.6 is 12.2 Å². The molecule has 1 aliphatic heterocycles. The second-order valence-corrected chi connectivity index (χ2v) is 4.65. The first-order valence-corrected chi connectivity index (χ1v) is 5.94. The third-order valence-electron chi connectivity index (χ3n) is 3.08. The molecule has 108 valence electrons. The highest BCUT2D eigenvalue weighted by Crippen LogP contribution is 2.38. The Morgan fingerprint density at radius 3 is 2.90 bits per heavy atom. The number of nitrogen functional groups attached to an aromatic ring is 1. The van der Waals surface area contributed by atoms with Crippen molar-refractivity contribution in [2.75, 3.05) is 12.3 Å². The first-order valence-electron chi connectivity index (χ1n) is 5.53. The second kappa shape index (κ2) is 5.08. The number of hydrogen-bond donors (Lipinski definition) is 4. The van der Waals surface area contributed by atoms with Crippen molar-refractivity contribution in [3.8, 4) is 12.3 Å². The summed E-state index contributed by atoms with van der Waals surface area (Å²) in [6.07, 6.45) is 1.98. The molecule has 1 aromatic heterocycles. The number of hydrogen-bond acceptors (Lipinski definition) is 7. The third kappa shape index (κ3) is 2.07. The van der Waals surface area contributed by atoms with Crippen molar-refractivity contribution in [2.45, 2.75) is 24.0 Å². The van der Waals surface area contributed by atoms with Crippen molar-refractivity contribution in [2.24, 2.45) is 0 Å². The molecular weight excluding hydrogens is 289 g/mol. The summed E-state index contributed by atoms with van der Waals surface area (Å²) in [5.74, 6) is 0.690. The van der Waals surface area contributed by atoms with Crippen LogP contribution in [0.2, 0.25) is 0 Å². The number of aliphatic hydroxyl groups excluding tert-OH is 2. The van der Waals surface area contributed by atoms with Gasteiger partial charge in [-0.1, -0.05) is 5.92 Å². The lowest BCUT2D eigenvalue weighted by atomic mass is 9.95. The molecule has 4 atom stereocenters. The van der Waals surface area contributed by atoms with Crippen molar-refractivity contribution < 1.29 is 24.4 Å². The van der Waals surface area contributed by atoms with Crippen LogP contribution in [0, 0.1) is 22.9 Å². The van der Waals surface area contributed by atoms with Gasteiger partial charge in [0.2, 0.25) is 4.77 Å². The molecule has 1 fully saturated rings. The van der Waals surface area contributed by atoms with Gasteiger partial charge in [0.1, 0.15) is 12.2 Å². The van der Waals surface area contributed by atoms with Gasteiger partial charge in [0.15, 0.2) is 23.5 Å². The fourth-order valence-corrected chi connectivity index (χ4v) is 2.22. The second-order valence-electron chi connectivity index (χ2n) is 4.29. The van der Waals surface area contributed by atoms with E-state index in [-0.39, 0.29) is 4.77 Å². The lowest BCUT2D eigenvalue weighted by Gasteiger charge is -2.26. The van der Waals surface area contributed by atoms with Gasteiger partial charge < -0.3 is 25.8 Å². The minimum atomic E-state index is -2.18. The summed E-state index contributed by atoms with van der Waals surface area (Å²) < 4.78 is 19.5. The van der Waals surface area contributed by atoms with Gasteiger partial charge in [0, 0.05) is 6.20 Å². The van der Waals surface area contributed by atoms with Gasteiger partial charge in [0.25, 0.3) is 0 Å². The van der Waals surface area contributed by atoms with E-state index in [1.54, 1.807) is 0 Å². The lowest BCUT2D eigenvalue weighted by molar-refractivity contribution is -0.0757. The van der Waals surface area contributed by atoms with E-state index in [1.165, 1.54) is 0 Å². The van der Waals surface area contributed by atoms with Crippen molar-refractivity contribution >= 4 is 18.0 Å². The molecule has 1 unspecified atom stereocenters. The Labute approximate surface area is 118 Å². The average molecular weight is 301 g/mol. The number of aliphatic hydroxyl groups is 3.